The van der Waals surface area contributed by atoms with Gasteiger partial charge in [0.15, 0.2) is 17.3 Å². The highest BCUT2D eigenvalue weighted by atomic mass is 32.1. The van der Waals surface area contributed by atoms with E-state index in [1.165, 1.54) is 27.6 Å². The predicted octanol–water partition coefficient (Wildman–Crippen LogP) is 5.28. The largest absolute Gasteiger partial charge is 0.503 e. The summed E-state index contributed by atoms with van der Waals surface area (Å²) in [5.74, 6) is -0.690. The molecule has 0 spiro atoms. The number of aromatic nitrogens is 3. The molecule has 11 heteroatoms. The number of aryl methyl sites for hydroxylation is 3. The van der Waals surface area contributed by atoms with Crippen molar-refractivity contribution in [1.29, 1.82) is 0 Å². The number of nitrogens with zero attached hydrogens (tertiary/aromatic N) is 4. The van der Waals surface area contributed by atoms with Crippen LogP contribution in [0.1, 0.15) is 63.7 Å². The van der Waals surface area contributed by atoms with Crippen LogP contribution in [0.5, 0.6) is 11.5 Å². The monoisotopic (exact) mass is 528 g/mol. The molecule has 9 nitrogen and oxygen atoms in total. The lowest BCUT2D eigenvalue weighted by Gasteiger charge is -2.25. The Bertz CT molecular complexity index is 1330. The first-order valence-corrected chi connectivity index (χ1v) is 13.3. The minimum Gasteiger partial charge on any atom is -0.503 e. The Hall–Kier alpha value is -3.31. The number of Topliss-reactive ketones (excluding diaryl/α,β-unsaturated/α-hetero) is 1. The maximum absolute atomic E-state index is 13.7. The molecule has 36 heavy (non-hydrogen) atoms. The van der Waals surface area contributed by atoms with Crippen molar-refractivity contribution in [2.24, 2.45) is 0 Å². The van der Waals surface area contributed by atoms with E-state index in [0.717, 1.165) is 17.8 Å². The molecule has 1 unspecified atom stereocenters. The highest BCUT2D eigenvalue weighted by Crippen LogP contribution is 2.45. The van der Waals surface area contributed by atoms with Gasteiger partial charge in [-0.05, 0) is 51.8 Å². The number of amides is 1. The Morgan fingerprint density at radius 1 is 1.08 bits per heavy atom. The highest BCUT2D eigenvalue weighted by molar-refractivity contribution is 7.15. The first-order valence-electron chi connectivity index (χ1n) is 11.7. The topological polar surface area (TPSA) is 115 Å². The van der Waals surface area contributed by atoms with Crippen molar-refractivity contribution in [3.8, 4) is 11.5 Å². The zero-order valence-electron chi connectivity index (χ0n) is 20.8. The van der Waals surface area contributed by atoms with Crippen LogP contribution in [0.2, 0.25) is 0 Å². The van der Waals surface area contributed by atoms with Gasteiger partial charge in [0.2, 0.25) is 10.9 Å². The van der Waals surface area contributed by atoms with Gasteiger partial charge < -0.3 is 14.6 Å². The molecule has 1 aliphatic heterocycles. The molecule has 1 N–H and O–H groups in total. The average Bonchev–Trinajstić information content (AvgIpc) is 3.50. The summed E-state index contributed by atoms with van der Waals surface area (Å²) < 4.78 is 11.8. The van der Waals surface area contributed by atoms with Crippen molar-refractivity contribution in [1.82, 2.24) is 15.2 Å². The lowest BCUT2D eigenvalue weighted by molar-refractivity contribution is -0.117. The summed E-state index contributed by atoms with van der Waals surface area (Å²) >= 11 is 2.44. The highest BCUT2D eigenvalue weighted by Gasteiger charge is 2.47. The summed E-state index contributed by atoms with van der Waals surface area (Å²) in [6.45, 7) is 10.2. The molecule has 0 saturated carbocycles. The second kappa shape index (κ2) is 10.8. The van der Waals surface area contributed by atoms with Crippen molar-refractivity contribution >= 4 is 39.5 Å². The van der Waals surface area contributed by atoms with Crippen molar-refractivity contribution in [3.05, 3.63) is 55.7 Å². The number of hydrogen-bond acceptors (Lipinski definition) is 10. The number of aliphatic hydroxyl groups excluding tert-OH is 1. The van der Waals surface area contributed by atoms with Crippen molar-refractivity contribution in [2.45, 2.75) is 53.5 Å². The maximum atomic E-state index is 13.7. The van der Waals surface area contributed by atoms with Gasteiger partial charge in [-0.3, -0.25) is 14.5 Å². The van der Waals surface area contributed by atoms with Gasteiger partial charge in [0, 0.05) is 0 Å². The molecular weight excluding hydrogens is 500 g/mol. The number of hydrogen-bond donors (Lipinski definition) is 1. The number of ketones is 1. The third kappa shape index (κ3) is 4.85. The fraction of sp³-hybridized carbons (Fsp3) is 0.400. The van der Waals surface area contributed by atoms with Gasteiger partial charge in [-0.25, -0.2) is 4.98 Å². The van der Waals surface area contributed by atoms with Crippen molar-refractivity contribution in [3.63, 3.8) is 0 Å². The molecule has 2 aromatic heterocycles. The van der Waals surface area contributed by atoms with E-state index in [1.54, 1.807) is 32.0 Å². The van der Waals surface area contributed by atoms with Crippen molar-refractivity contribution < 1.29 is 24.2 Å². The van der Waals surface area contributed by atoms with E-state index in [0.29, 0.717) is 45.9 Å². The normalized spacial score (nSPS) is 15.6. The number of ether oxygens (including phenoxy) is 2. The van der Waals surface area contributed by atoms with E-state index in [2.05, 4.69) is 22.1 Å². The van der Waals surface area contributed by atoms with Gasteiger partial charge >= 0.3 is 0 Å². The number of carbonyl (C=O) groups is 2. The lowest BCUT2D eigenvalue weighted by Crippen LogP contribution is -2.31. The number of rotatable bonds is 10. The zero-order chi connectivity index (χ0) is 26.0. The molecule has 0 bridgehead atoms. The predicted molar refractivity (Wildman–Crippen MR) is 138 cm³/mol. The fourth-order valence-corrected chi connectivity index (χ4v) is 5.59. The van der Waals surface area contributed by atoms with Crippen LogP contribution < -0.4 is 14.4 Å². The molecule has 1 atom stereocenters. The number of thiazole rings is 1. The molecule has 1 amide bonds. The molecule has 3 aromatic rings. The number of carbonyl (C=O) groups excluding carboxylic acids is 2. The SMILES string of the molecule is CCCCOc1ccc(C2C(C(=O)c3sc(C)nc3C)=C(O)C(=O)N2c2nnc(C)s2)cc1OCC. The Morgan fingerprint density at radius 3 is 2.47 bits per heavy atom. The van der Waals surface area contributed by atoms with Crippen LogP contribution in [-0.2, 0) is 4.79 Å². The molecule has 4 rings (SSSR count). The van der Waals surface area contributed by atoms with Gasteiger partial charge in [-0.1, -0.05) is 30.7 Å². The molecule has 1 aromatic carbocycles. The van der Waals surface area contributed by atoms with E-state index in [-0.39, 0.29) is 10.7 Å². The molecule has 0 fully saturated rings. The summed E-state index contributed by atoms with van der Waals surface area (Å²) in [4.78, 5) is 33.1. The smallest absolute Gasteiger partial charge is 0.296 e. The van der Waals surface area contributed by atoms with E-state index in [4.69, 9.17) is 9.47 Å². The van der Waals surface area contributed by atoms with Gasteiger partial charge in [0.1, 0.15) is 5.01 Å². The second-order valence-corrected chi connectivity index (χ2v) is 10.6. The van der Waals surface area contributed by atoms with Crippen LogP contribution in [0, 0.1) is 20.8 Å². The van der Waals surface area contributed by atoms with E-state index in [1.807, 2.05) is 13.8 Å². The first-order chi connectivity index (χ1) is 17.3. The van der Waals surface area contributed by atoms with Crippen LogP contribution in [0.4, 0.5) is 5.13 Å². The summed E-state index contributed by atoms with van der Waals surface area (Å²) in [5.41, 5.74) is 1.10. The Kier molecular flexibility index (Phi) is 7.70. The van der Waals surface area contributed by atoms with Gasteiger partial charge in [-0.2, -0.15) is 0 Å². The maximum Gasteiger partial charge on any atom is 0.296 e. The van der Waals surface area contributed by atoms with E-state index in [9.17, 15) is 14.7 Å². The number of unbranched alkanes of at least 4 members (excludes halogenated alkanes) is 1. The number of benzene rings is 1. The Morgan fingerprint density at radius 2 is 1.86 bits per heavy atom. The van der Waals surface area contributed by atoms with Crippen molar-refractivity contribution in [2.75, 3.05) is 18.1 Å². The molecular formula is C25H28N4O5S2. The molecule has 3 heterocycles. The van der Waals surface area contributed by atoms with Crippen LogP contribution in [0.25, 0.3) is 0 Å². The lowest BCUT2D eigenvalue weighted by atomic mass is 9.95. The second-order valence-electron chi connectivity index (χ2n) is 8.26. The summed E-state index contributed by atoms with van der Waals surface area (Å²) in [6.07, 6.45) is 1.89. The zero-order valence-corrected chi connectivity index (χ0v) is 22.5. The molecule has 190 valence electrons. The Balaban J connectivity index is 1.84. The van der Waals surface area contributed by atoms with Gasteiger partial charge in [0.05, 0.1) is 40.4 Å². The summed E-state index contributed by atoms with van der Waals surface area (Å²) in [5, 5.41) is 20.8. The fourth-order valence-electron chi connectivity index (χ4n) is 4.01. The minimum absolute atomic E-state index is 0.0262. The average molecular weight is 529 g/mol. The molecule has 0 saturated heterocycles. The van der Waals surface area contributed by atoms with E-state index >= 15 is 0 Å². The number of anilines is 1. The van der Waals surface area contributed by atoms with Crippen LogP contribution >= 0.6 is 22.7 Å². The third-order valence-electron chi connectivity index (χ3n) is 5.62. The van der Waals surface area contributed by atoms with Gasteiger partial charge in [0.25, 0.3) is 5.91 Å². The summed E-state index contributed by atoms with van der Waals surface area (Å²) in [6, 6.07) is 4.37. The quantitative estimate of drug-likeness (QED) is 0.279. The minimum atomic E-state index is -0.928. The van der Waals surface area contributed by atoms with Crippen LogP contribution in [0.3, 0.4) is 0 Å². The van der Waals surface area contributed by atoms with Crippen LogP contribution in [0.15, 0.2) is 29.5 Å². The standard InChI is InChI=1S/C25H28N4O5S2/c1-6-8-11-34-17-10-9-16(12-18(17)33-7-2)20-19(21(30)23-13(3)26-14(4)35-23)22(31)24(32)29(20)25-28-27-15(5)36-25/h9-10,12,20,31H,6-8,11H2,1-5H3. The molecule has 1 aliphatic rings. The third-order valence-corrected chi connectivity index (χ3v) is 7.53. The summed E-state index contributed by atoms with van der Waals surface area (Å²) in [7, 11) is 0. The van der Waals surface area contributed by atoms with E-state index < -0.39 is 23.5 Å². The Labute approximate surface area is 217 Å². The number of aliphatic hydroxyl groups is 1. The van der Waals surface area contributed by atoms with Gasteiger partial charge in [-0.15, -0.1) is 21.5 Å². The van der Waals surface area contributed by atoms with Crippen LogP contribution in [-0.4, -0.2) is 45.2 Å². The molecule has 0 aliphatic carbocycles. The first kappa shape index (κ1) is 25.8. The molecule has 0 radical (unpaired) electrons.